The average Bonchev–Trinajstić information content (AvgIpc) is 2.89. The van der Waals surface area contributed by atoms with Crippen LogP contribution in [0.15, 0.2) is 36.5 Å². The summed E-state index contributed by atoms with van der Waals surface area (Å²) in [5.74, 6) is 1.24. The molecule has 1 aliphatic heterocycles. The number of nitrogens with one attached hydrogen (secondary N) is 1. The molecule has 2 heterocycles. The van der Waals surface area contributed by atoms with Crippen LogP contribution in [0.1, 0.15) is 61.7 Å². The first-order valence-electron chi connectivity index (χ1n) is 12.4. The van der Waals surface area contributed by atoms with Gasteiger partial charge in [0, 0.05) is 31.4 Å². The lowest BCUT2D eigenvalue weighted by molar-refractivity contribution is -0.146. The van der Waals surface area contributed by atoms with Crippen molar-refractivity contribution in [3.8, 4) is 11.1 Å². The molecular weight excluding hydrogens is 450 g/mol. The number of methoxy groups -OCH3 is 1. The Labute approximate surface area is 207 Å². The Morgan fingerprint density at radius 3 is 2.62 bits per heavy atom. The van der Waals surface area contributed by atoms with E-state index in [4.69, 9.17) is 16.3 Å². The number of esters is 1. The maximum Gasteiger partial charge on any atom is 0.308 e. The standard InChI is InChI=1S/C27H34ClN3O3/c1-34-27(33)20-12-16-31(17-13-20)25-22(8-5-14-29-25)21-9-10-24(28)23(18-21)26(32)30-15-11-19-6-3-2-4-7-19/h5,8-10,14,18-20H,2-4,6-7,11-13,15-17H2,1H3,(H,30,32). The zero-order chi connectivity index (χ0) is 23.9. The molecule has 0 atom stereocenters. The van der Waals surface area contributed by atoms with Gasteiger partial charge in [-0.3, -0.25) is 9.59 Å². The molecule has 1 aromatic heterocycles. The third-order valence-corrected chi connectivity index (χ3v) is 7.53. The molecule has 0 spiro atoms. The molecule has 1 saturated heterocycles. The van der Waals surface area contributed by atoms with Crippen molar-refractivity contribution in [2.24, 2.45) is 11.8 Å². The number of carbonyl (C=O) groups is 2. The van der Waals surface area contributed by atoms with E-state index in [0.29, 0.717) is 17.1 Å². The fourth-order valence-electron chi connectivity index (χ4n) is 5.20. The van der Waals surface area contributed by atoms with Gasteiger partial charge in [-0.15, -0.1) is 0 Å². The summed E-state index contributed by atoms with van der Waals surface area (Å²) in [5, 5.41) is 3.52. The van der Waals surface area contributed by atoms with Gasteiger partial charge >= 0.3 is 5.97 Å². The Balaban J connectivity index is 1.46. The van der Waals surface area contributed by atoms with Gasteiger partial charge in [0.05, 0.1) is 23.6 Å². The minimum absolute atomic E-state index is 0.0622. The molecule has 2 fully saturated rings. The molecule has 2 aromatic rings. The van der Waals surface area contributed by atoms with Gasteiger partial charge in [0.25, 0.3) is 5.91 Å². The predicted octanol–water partition coefficient (Wildman–Crippen LogP) is 5.49. The van der Waals surface area contributed by atoms with Crippen LogP contribution in [0.5, 0.6) is 0 Å². The number of rotatable bonds is 7. The van der Waals surface area contributed by atoms with Crippen molar-refractivity contribution in [2.75, 3.05) is 31.6 Å². The van der Waals surface area contributed by atoms with E-state index in [1.807, 2.05) is 24.3 Å². The summed E-state index contributed by atoms with van der Waals surface area (Å²) in [5.41, 5.74) is 2.34. The molecule has 1 amide bonds. The van der Waals surface area contributed by atoms with Crippen molar-refractivity contribution in [2.45, 2.75) is 51.4 Å². The lowest BCUT2D eigenvalue weighted by Gasteiger charge is -2.32. The summed E-state index contributed by atoms with van der Waals surface area (Å²) in [6, 6.07) is 9.50. The highest BCUT2D eigenvalue weighted by Crippen LogP contribution is 2.34. The van der Waals surface area contributed by atoms with Crippen molar-refractivity contribution in [1.29, 1.82) is 0 Å². The number of aromatic nitrogens is 1. The number of halogens is 1. The first-order chi connectivity index (χ1) is 16.6. The summed E-state index contributed by atoms with van der Waals surface area (Å²) in [6.07, 6.45) is 10.8. The van der Waals surface area contributed by atoms with Crippen LogP contribution in [0.2, 0.25) is 5.02 Å². The lowest BCUT2D eigenvalue weighted by atomic mass is 9.87. The third kappa shape index (κ3) is 5.90. The summed E-state index contributed by atoms with van der Waals surface area (Å²) in [6.45, 7) is 2.13. The highest BCUT2D eigenvalue weighted by molar-refractivity contribution is 6.34. The second-order valence-corrected chi connectivity index (χ2v) is 9.81. The molecular formula is C27H34ClN3O3. The van der Waals surface area contributed by atoms with E-state index in [1.165, 1.54) is 39.2 Å². The van der Waals surface area contributed by atoms with Crippen LogP contribution in [-0.4, -0.2) is 43.6 Å². The first kappa shape index (κ1) is 24.5. The van der Waals surface area contributed by atoms with E-state index in [1.54, 1.807) is 12.3 Å². The van der Waals surface area contributed by atoms with Crippen LogP contribution in [0, 0.1) is 11.8 Å². The quantitative estimate of drug-likeness (QED) is 0.527. The van der Waals surface area contributed by atoms with Crippen LogP contribution >= 0.6 is 11.6 Å². The number of piperidine rings is 1. The Kier molecular flexibility index (Phi) is 8.44. The van der Waals surface area contributed by atoms with Gasteiger partial charge in [0.2, 0.25) is 0 Å². The van der Waals surface area contributed by atoms with Crippen LogP contribution in [0.25, 0.3) is 11.1 Å². The van der Waals surface area contributed by atoms with Crippen LogP contribution in [-0.2, 0) is 9.53 Å². The number of benzene rings is 1. The molecule has 1 aromatic carbocycles. The van der Waals surface area contributed by atoms with Crippen molar-refractivity contribution in [3.63, 3.8) is 0 Å². The van der Waals surface area contributed by atoms with E-state index < -0.39 is 0 Å². The van der Waals surface area contributed by atoms with E-state index in [2.05, 4.69) is 15.2 Å². The molecule has 0 unspecified atom stereocenters. The van der Waals surface area contributed by atoms with Crippen molar-refractivity contribution < 1.29 is 14.3 Å². The number of pyridine rings is 1. The molecule has 4 rings (SSSR count). The first-order valence-corrected chi connectivity index (χ1v) is 12.8. The largest absolute Gasteiger partial charge is 0.469 e. The van der Waals surface area contributed by atoms with Crippen LogP contribution in [0.3, 0.4) is 0 Å². The van der Waals surface area contributed by atoms with E-state index in [-0.39, 0.29) is 17.8 Å². The number of hydrogen-bond donors (Lipinski definition) is 1. The number of anilines is 1. The molecule has 34 heavy (non-hydrogen) atoms. The fraction of sp³-hybridized carbons (Fsp3) is 0.519. The zero-order valence-corrected chi connectivity index (χ0v) is 20.7. The topological polar surface area (TPSA) is 71.5 Å². The van der Waals surface area contributed by atoms with E-state index >= 15 is 0 Å². The molecule has 1 N–H and O–H groups in total. The Morgan fingerprint density at radius 2 is 1.88 bits per heavy atom. The number of ether oxygens (including phenoxy) is 1. The van der Waals surface area contributed by atoms with Crippen molar-refractivity contribution >= 4 is 29.3 Å². The van der Waals surface area contributed by atoms with Crippen molar-refractivity contribution in [1.82, 2.24) is 10.3 Å². The summed E-state index contributed by atoms with van der Waals surface area (Å²) < 4.78 is 4.91. The summed E-state index contributed by atoms with van der Waals surface area (Å²) in [4.78, 5) is 31.7. The van der Waals surface area contributed by atoms with Crippen molar-refractivity contribution in [3.05, 3.63) is 47.1 Å². The van der Waals surface area contributed by atoms with E-state index in [9.17, 15) is 9.59 Å². The molecule has 0 radical (unpaired) electrons. The molecule has 2 aliphatic rings. The molecule has 1 aliphatic carbocycles. The minimum atomic E-state index is -0.141. The fourth-order valence-corrected chi connectivity index (χ4v) is 5.40. The highest BCUT2D eigenvalue weighted by atomic mass is 35.5. The van der Waals surface area contributed by atoms with Gasteiger partial charge in [-0.1, -0.05) is 49.8 Å². The Bertz CT molecular complexity index is 998. The zero-order valence-electron chi connectivity index (χ0n) is 19.9. The number of amides is 1. The monoisotopic (exact) mass is 483 g/mol. The SMILES string of the molecule is COC(=O)C1CCN(c2ncccc2-c2ccc(Cl)c(C(=O)NCCC3CCCCC3)c2)CC1. The maximum atomic E-state index is 12.9. The normalized spacial score (nSPS) is 17.4. The van der Waals surface area contributed by atoms with Gasteiger partial charge in [-0.05, 0) is 55.0 Å². The van der Waals surface area contributed by atoms with Gasteiger partial charge < -0.3 is 15.0 Å². The smallest absolute Gasteiger partial charge is 0.308 e. The third-order valence-electron chi connectivity index (χ3n) is 7.20. The number of carbonyl (C=O) groups excluding carboxylic acids is 2. The molecule has 6 nitrogen and oxygen atoms in total. The average molecular weight is 484 g/mol. The van der Waals surface area contributed by atoms with E-state index in [0.717, 1.165) is 55.2 Å². The predicted molar refractivity (Wildman–Crippen MR) is 135 cm³/mol. The Hall–Kier alpha value is -2.60. The second kappa shape index (κ2) is 11.7. The summed E-state index contributed by atoms with van der Waals surface area (Å²) >= 11 is 6.42. The summed E-state index contributed by atoms with van der Waals surface area (Å²) in [7, 11) is 1.44. The molecule has 182 valence electrons. The Morgan fingerprint density at radius 1 is 1.12 bits per heavy atom. The van der Waals surface area contributed by atoms with Gasteiger partial charge in [0.1, 0.15) is 5.82 Å². The highest BCUT2D eigenvalue weighted by Gasteiger charge is 2.27. The number of hydrogen-bond acceptors (Lipinski definition) is 5. The van der Waals surface area contributed by atoms with Gasteiger partial charge in [-0.25, -0.2) is 4.98 Å². The van der Waals surface area contributed by atoms with Crippen LogP contribution in [0.4, 0.5) is 5.82 Å². The van der Waals surface area contributed by atoms with Gasteiger partial charge in [0.15, 0.2) is 0 Å². The molecule has 7 heteroatoms. The second-order valence-electron chi connectivity index (χ2n) is 9.40. The number of nitrogens with zero attached hydrogens (tertiary/aromatic N) is 2. The molecule has 0 bridgehead atoms. The lowest BCUT2D eigenvalue weighted by Crippen LogP contribution is -2.37. The maximum absolute atomic E-state index is 12.9. The van der Waals surface area contributed by atoms with Crippen LogP contribution < -0.4 is 10.2 Å². The minimum Gasteiger partial charge on any atom is -0.469 e. The van der Waals surface area contributed by atoms with Gasteiger partial charge in [-0.2, -0.15) is 0 Å². The molecule has 1 saturated carbocycles.